The van der Waals surface area contributed by atoms with E-state index in [9.17, 15) is 13.2 Å². The average molecular weight is 419 g/mol. The molecule has 1 N–H and O–H groups in total. The molecular weight excluding hydrogens is 392 g/mol. The molecule has 0 spiro atoms. The van der Waals surface area contributed by atoms with Crippen molar-refractivity contribution in [3.05, 3.63) is 65.7 Å². The Morgan fingerprint density at radius 2 is 1.75 bits per heavy atom. The summed E-state index contributed by atoms with van der Waals surface area (Å²) in [5.74, 6) is 1.46. The van der Waals surface area contributed by atoms with E-state index in [2.05, 4.69) is 17.4 Å². The third-order valence-electron chi connectivity index (χ3n) is 4.69. The van der Waals surface area contributed by atoms with Gasteiger partial charge in [0.25, 0.3) is 5.91 Å². The molecule has 0 unspecified atom stereocenters. The van der Waals surface area contributed by atoms with Crippen LogP contribution in [-0.2, 0) is 15.8 Å². The van der Waals surface area contributed by atoms with E-state index in [0.717, 1.165) is 30.8 Å². The van der Waals surface area contributed by atoms with E-state index in [4.69, 9.17) is 0 Å². The van der Waals surface area contributed by atoms with Gasteiger partial charge in [0.1, 0.15) is 0 Å². The summed E-state index contributed by atoms with van der Waals surface area (Å²) in [7, 11) is -3.53. The Labute approximate surface area is 171 Å². The second-order valence-corrected chi connectivity index (χ2v) is 9.83. The van der Waals surface area contributed by atoms with Gasteiger partial charge in [0.2, 0.25) is 10.0 Å². The first-order valence-electron chi connectivity index (χ1n) is 9.57. The first-order valence-corrected chi connectivity index (χ1v) is 12.2. The van der Waals surface area contributed by atoms with Gasteiger partial charge in [-0.1, -0.05) is 42.8 Å². The fourth-order valence-electron chi connectivity index (χ4n) is 3.16. The molecule has 1 aliphatic rings. The molecule has 1 saturated heterocycles. The molecule has 0 bridgehead atoms. The molecule has 2 aromatic rings. The summed E-state index contributed by atoms with van der Waals surface area (Å²) < 4.78 is 27.1. The number of rotatable bonds is 8. The van der Waals surface area contributed by atoms with Crippen LogP contribution >= 0.6 is 11.8 Å². The minimum absolute atomic E-state index is 0.195. The highest BCUT2D eigenvalue weighted by atomic mass is 32.2. The highest BCUT2D eigenvalue weighted by Crippen LogP contribution is 2.21. The summed E-state index contributed by atoms with van der Waals surface area (Å²) >= 11 is 1.75. The van der Waals surface area contributed by atoms with Crippen molar-refractivity contribution in [3.8, 4) is 0 Å². The summed E-state index contributed by atoms with van der Waals surface area (Å²) in [6.07, 6.45) is 2.84. The van der Waals surface area contributed by atoms with Crippen molar-refractivity contribution in [1.29, 1.82) is 0 Å². The van der Waals surface area contributed by atoms with Crippen molar-refractivity contribution in [3.63, 3.8) is 0 Å². The quantitative estimate of drug-likeness (QED) is 0.666. The molecule has 28 heavy (non-hydrogen) atoms. The third-order valence-corrected chi connectivity index (χ3v) is 7.62. The monoisotopic (exact) mass is 418 g/mol. The van der Waals surface area contributed by atoms with Gasteiger partial charge in [-0.25, -0.2) is 8.42 Å². The molecule has 0 aromatic heterocycles. The maximum Gasteiger partial charge on any atom is 0.251 e. The van der Waals surface area contributed by atoms with E-state index >= 15 is 0 Å². The van der Waals surface area contributed by atoms with Crippen LogP contribution in [-0.4, -0.2) is 44.0 Å². The fourth-order valence-corrected chi connectivity index (χ4v) is 5.54. The van der Waals surface area contributed by atoms with Gasteiger partial charge in [-0.3, -0.25) is 4.79 Å². The molecule has 1 heterocycles. The number of hydrogen-bond donors (Lipinski definition) is 1. The van der Waals surface area contributed by atoms with Gasteiger partial charge in [0.05, 0.1) is 4.90 Å². The number of nitrogens with zero attached hydrogens (tertiary/aromatic N) is 1. The number of carbonyl (C=O) groups is 1. The predicted molar refractivity (Wildman–Crippen MR) is 114 cm³/mol. The number of sulfonamides is 1. The van der Waals surface area contributed by atoms with Crippen molar-refractivity contribution in [2.75, 3.05) is 25.4 Å². The van der Waals surface area contributed by atoms with Crippen molar-refractivity contribution in [2.45, 2.75) is 29.9 Å². The van der Waals surface area contributed by atoms with E-state index in [1.807, 2.05) is 18.2 Å². The Balaban J connectivity index is 1.52. The van der Waals surface area contributed by atoms with Crippen LogP contribution in [0.25, 0.3) is 0 Å². The van der Waals surface area contributed by atoms with Crippen LogP contribution in [0.1, 0.15) is 35.2 Å². The molecule has 2 aromatic carbocycles. The lowest BCUT2D eigenvalue weighted by Gasteiger charge is -2.26. The molecule has 5 nitrogen and oxygen atoms in total. The van der Waals surface area contributed by atoms with Gasteiger partial charge in [-0.2, -0.15) is 16.1 Å². The van der Waals surface area contributed by atoms with Gasteiger partial charge < -0.3 is 5.32 Å². The zero-order valence-electron chi connectivity index (χ0n) is 15.8. The van der Waals surface area contributed by atoms with Gasteiger partial charge >= 0.3 is 0 Å². The standard InChI is InChI=1S/C21H26N2O3S2/c24-21(22-12-15-27-17-18-8-3-1-4-9-18)19-10-7-11-20(16-19)28(25,26)23-13-5-2-6-14-23/h1,3-4,7-11,16H,2,5-6,12-15,17H2,(H,22,24). The van der Waals surface area contributed by atoms with Crippen LogP contribution in [0.2, 0.25) is 0 Å². The smallest absolute Gasteiger partial charge is 0.251 e. The van der Waals surface area contributed by atoms with Crippen molar-refractivity contribution in [1.82, 2.24) is 9.62 Å². The minimum Gasteiger partial charge on any atom is -0.351 e. The Kier molecular flexibility index (Phi) is 7.53. The second kappa shape index (κ2) is 10.1. The Hall–Kier alpha value is -1.83. The highest BCUT2D eigenvalue weighted by molar-refractivity contribution is 7.98. The molecule has 1 amide bonds. The molecule has 0 saturated carbocycles. The first kappa shape index (κ1) is 20.9. The van der Waals surface area contributed by atoms with Crippen molar-refractivity contribution >= 4 is 27.7 Å². The summed E-state index contributed by atoms with van der Waals surface area (Å²) in [6, 6.07) is 16.5. The zero-order chi connectivity index (χ0) is 19.8. The molecule has 3 rings (SSSR count). The van der Waals surface area contributed by atoms with Crippen LogP contribution < -0.4 is 5.32 Å². The summed E-state index contributed by atoms with van der Waals surface area (Å²) in [6.45, 7) is 1.65. The number of carbonyl (C=O) groups excluding carboxylic acids is 1. The van der Waals surface area contributed by atoms with Crippen LogP contribution in [0.15, 0.2) is 59.5 Å². The number of amides is 1. The Morgan fingerprint density at radius 1 is 1.00 bits per heavy atom. The molecule has 1 aliphatic heterocycles. The Morgan fingerprint density at radius 3 is 2.50 bits per heavy atom. The van der Waals surface area contributed by atoms with Crippen LogP contribution in [0, 0.1) is 0 Å². The average Bonchev–Trinajstić information content (AvgIpc) is 2.75. The van der Waals surface area contributed by atoms with E-state index < -0.39 is 10.0 Å². The van der Waals surface area contributed by atoms with Crippen molar-refractivity contribution < 1.29 is 13.2 Å². The lowest BCUT2D eigenvalue weighted by atomic mass is 10.2. The van der Waals surface area contributed by atoms with Gasteiger partial charge in [-0.05, 0) is 36.6 Å². The molecule has 0 atom stereocenters. The largest absolute Gasteiger partial charge is 0.351 e. The predicted octanol–water partition coefficient (Wildman–Crippen LogP) is 3.52. The number of benzene rings is 2. The van der Waals surface area contributed by atoms with Gasteiger partial charge in [0, 0.05) is 36.7 Å². The molecular formula is C21H26N2O3S2. The number of nitrogens with one attached hydrogen (secondary N) is 1. The molecule has 1 fully saturated rings. The third kappa shape index (κ3) is 5.59. The lowest BCUT2D eigenvalue weighted by molar-refractivity contribution is 0.0956. The zero-order valence-corrected chi connectivity index (χ0v) is 17.5. The van der Waals surface area contributed by atoms with Crippen LogP contribution in [0.3, 0.4) is 0 Å². The topological polar surface area (TPSA) is 66.5 Å². The summed E-state index contributed by atoms with van der Waals surface area (Å²) in [5, 5.41) is 2.88. The number of thioether (sulfide) groups is 1. The molecule has 150 valence electrons. The van der Waals surface area contributed by atoms with Crippen LogP contribution in [0.4, 0.5) is 0 Å². The first-order chi connectivity index (χ1) is 13.6. The van der Waals surface area contributed by atoms with Crippen molar-refractivity contribution in [2.24, 2.45) is 0 Å². The minimum atomic E-state index is -3.53. The highest BCUT2D eigenvalue weighted by Gasteiger charge is 2.26. The SMILES string of the molecule is O=C(NCCSCc1ccccc1)c1cccc(S(=O)(=O)N2CCCCC2)c1. The van der Waals surface area contributed by atoms with Gasteiger partial charge in [0.15, 0.2) is 0 Å². The number of hydrogen-bond acceptors (Lipinski definition) is 4. The normalized spacial score (nSPS) is 15.3. The molecule has 0 radical (unpaired) electrons. The lowest BCUT2D eigenvalue weighted by Crippen LogP contribution is -2.35. The van der Waals surface area contributed by atoms with Crippen LogP contribution in [0.5, 0.6) is 0 Å². The maximum absolute atomic E-state index is 12.8. The fraction of sp³-hybridized carbons (Fsp3) is 0.381. The molecule has 0 aliphatic carbocycles. The summed E-state index contributed by atoms with van der Waals surface area (Å²) in [5.41, 5.74) is 1.64. The Bertz CT molecular complexity index is 880. The van der Waals surface area contributed by atoms with E-state index in [1.165, 1.54) is 15.9 Å². The molecule has 7 heteroatoms. The van der Waals surface area contributed by atoms with Gasteiger partial charge in [-0.15, -0.1) is 0 Å². The van der Waals surface area contributed by atoms with E-state index in [0.29, 0.717) is 25.2 Å². The van der Waals surface area contributed by atoms with E-state index in [1.54, 1.807) is 30.0 Å². The maximum atomic E-state index is 12.8. The summed E-state index contributed by atoms with van der Waals surface area (Å²) in [4.78, 5) is 12.6. The second-order valence-electron chi connectivity index (χ2n) is 6.79. The number of piperidine rings is 1. The van der Waals surface area contributed by atoms with E-state index in [-0.39, 0.29) is 10.8 Å².